The monoisotopic (exact) mass is 265 g/mol. The fourth-order valence-electron chi connectivity index (χ4n) is 1.59. The Labute approximate surface area is 111 Å². The summed E-state index contributed by atoms with van der Waals surface area (Å²) in [6, 6.07) is 3.72. The number of halogens is 1. The summed E-state index contributed by atoms with van der Waals surface area (Å²) >= 11 is 5.85. The molecule has 2 rings (SSSR count). The van der Waals surface area contributed by atoms with E-state index in [2.05, 4.69) is 30.9 Å². The van der Waals surface area contributed by atoms with Gasteiger partial charge in [0.1, 0.15) is 0 Å². The molecule has 0 fully saturated rings. The van der Waals surface area contributed by atoms with Gasteiger partial charge < -0.3 is 5.11 Å². The van der Waals surface area contributed by atoms with Gasteiger partial charge in [-0.15, -0.1) is 0 Å². The zero-order chi connectivity index (χ0) is 13.3. The van der Waals surface area contributed by atoms with Crippen LogP contribution in [0.25, 0.3) is 5.82 Å². The van der Waals surface area contributed by atoms with Crippen LogP contribution in [0.2, 0.25) is 5.02 Å². The molecular formula is C13H16ClN3O. The van der Waals surface area contributed by atoms with E-state index < -0.39 is 0 Å². The highest BCUT2D eigenvalue weighted by atomic mass is 35.5. The Morgan fingerprint density at radius 1 is 1.33 bits per heavy atom. The SMILES string of the molecule is CC(C)(C)c1cc(CO)cc(-n2cc(Cl)cn2)n1. The molecule has 0 aliphatic carbocycles. The normalized spacial score (nSPS) is 11.8. The van der Waals surface area contributed by atoms with Crippen LogP contribution in [0, 0.1) is 0 Å². The van der Waals surface area contributed by atoms with Crippen molar-refractivity contribution in [2.75, 3.05) is 0 Å². The van der Waals surface area contributed by atoms with Crippen LogP contribution >= 0.6 is 11.6 Å². The maximum Gasteiger partial charge on any atom is 0.154 e. The number of hydrogen-bond acceptors (Lipinski definition) is 3. The van der Waals surface area contributed by atoms with Gasteiger partial charge in [0, 0.05) is 11.1 Å². The Balaban J connectivity index is 2.54. The molecule has 1 N–H and O–H groups in total. The molecule has 0 aliphatic rings. The highest BCUT2D eigenvalue weighted by Crippen LogP contribution is 2.23. The van der Waals surface area contributed by atoms with E-state index in [4.69, 9.17) is 11.6 Å². The molecule has 0 amide bonds. The summed E-state index contributed by atoms with van der Waals surface area (Å²) < 4.78 is 1.61. The molecule has 2 heterocycles. The third-order valence-electron chi connectivity index (χ3n) is 2.61. The third kappa shape index (κ3) is 2.71. The van der Waals surface area contributed by atoms with Crippen molar-refractivity contribution >= 4 is 11.6 Å². The lowest BCUT2D eigenvalue weighted by molar-refractivity contribution is 0.281. The summed E-state index contributed by atoms with van der Waals surface area (Å²) in [5, 5.41) is 14.0. The molecule has 0 aliphatic heterocycles. The zero-order valence-electron chi connectivity index (χ0n) is 10.7. The van der Waals surface area contributed by atoms with Crippen LogP contribution in [0.5, 0.6) is 0 Å². The van der Waals surface area contributed by atoms with Crippen molar-refractivity contribution in [1.29, 1.82) is 0 Å². The van der Waals surface area contributed by atoms with Crippen molar-refractivity contribution in [2.45, 2.75) is 32.8 Å². The van der Waals surface area contributed by atoms with E-state index in [0.29, 0.717) is 10.8 Å². The van der Waals surface area contributed by atoms with Gasteiger partial charge in [0.25, 0.3) is 0 Å². The molecule has 0 bridgehead atoms. The molecule has 0 saturated heterocycles. The standard InChI is InChI=1S/C13H16ClN3O/c1-13(2,3)11-4-9(8-18)5-12(16-11)17-7-10(14)6-15-17/h4-7,18H,8H2,1-3H3. The summed E-state index contributed by atoms with van der Waals surface area (Å²) in [5.74, 6) is 0.665. The Bertz CT molecular complexity index is 558. The minimum Gasteiger partial charge on any atom is -0.392 e. The Morgan fingerprint density at radius 2 is 2.06 bits per heavy atom. The number of aliphatic hydroxyl groups excluding tert-OH is 1. The van der Waals surface area contributed by atoms with Crippen molar-refractivity contribution in [3.8, 4) is 5.82 Å². The number of aromatic nitrogens is 3. The largest absolute Gasteiger partial charge is 0.392 e. The van der Waals surface area contributed by atoms with E-state index in [0.717, 1.165) is 11.3 Å². The van der Waals surface area contributed by atoms with E-state index in [1.54, 1.807) is 23.1 Å². The Kier molecular flexibility index (Phi) is 3.41. The van der Waals surface area contributed by atoms with Gasteiger partial charge in [0.2, 0.25) is 0 Å². The molecule has 0 radical (unpaired) electrons. The number of nitrogens with zero attached hydrogens (tertiary/aromatic N) is 3. The van der Waals surface area contributed by atoms with Crippen LogP contribution in [0.4, 0.5) is 0 Å². The average Bonchev–Trinajstić information content (AvgIpc) is 2.74. The van der Waals surface area contributed by atoms with E-state index in [1.807, 2.05) is 6.07 Å². The first kappa shape index (κ1) is 13.1. The molecule has 5 heteroatoms. The Morgan fingerprint density at radius 3 is 2.56 bits per heavy atom. The van der Waals surface area contributed by atoms with E-state index in [-0.39, 0.29) is 12.0 Å². The fraction of sp³-hybridized carbons (Fsp3) is 0.385. The molecule has 0 unspecified atom stereocenters. The number of rotatable bonds is 2. The van der Waals surface area contributed by atoms with Crippen LogP contribution in [-0.2, 0) is 12.0 Å². The molecule has 96 valence electrons. The molecule has 0 aromatic carbocycles. The first-order valence-electron chi connectivity index (χ1n) is 5.73. The average molecular weight is 266 g/mol. The highest BCUT2D eigenvalue weighted by molar-refractivity contribution is 6.30. The predicted octanol–water partition coefficient (Wildman–Crippen LogP) is 2.71. The van der Waals surface area contributed by atoms with Crippen LogP contribution in [0.15, 0.2) is 24.5 Å². The topological polar surface area (TPSA) is 50.9 Å². The van der Waals surface area contributed by atoms with E-state index in [1.165, 1.54) is 0 Å². The van der Waals surface area contributed by atoms with Crippen molar-refractivity contribution in [1.82, 2.24) is 14.8 Å². The van der Waals surface area contributed by atoms with Crippen LogP contribution in [0.1, 0.15) is 32.0 Å². The maximum atomic E-state index is 9.32. The summed E-state index contributed by atoms with van der Waals surface area (Å²) in [6.07, 6.45) is 3.25. The summed E-state index contributed by atoms with van der Waals surface area (Å²) in [7, 11) is 0. The smallest absolute Gasteiger partial charge is 0.154 e. The van der Waals surface area contributed by atoms with Crippen LogP contribution in [-0.4, -0.2) is 19.9 Å². The first-order chi connectivity index (χ1) is 8.40. The molecule has 0 atom stereocenters. The van der Waals surface area contributed by atoms with Gasteiger partial charge in [0.15, 0.2) is 5.82 Å². The second-order valence-corrected chi connectivity index (χ2v) is 5.67. The van der Waals surface area contributed by atoms with Gasteiger partial charge in [-0.1, -0.05) is 32.4 Å². The number of hydrogen-bond donors (Lipinski definition) is 1. The molecule has 0 spiro atoms. The van der Waals surface area contributed by atoms with Gasteiger partial charge in [0.05, 0.1) is 24.0 Å². The van der Waals surface area contributed by atoms with Crippen LogP contribution < -0.4 is 0 Å². The maximum absolute atomic E-state index is 9.32. The lowest BCUT2D eigenvalue weighted by Gasteiger charge is -2.19. The van der Waals surface area contributed by atoms with E-state index in [9.17, 15) is 5.11 Å². The molecule has 4 nitrogen and oxygen atoms in total. The highest BCUT2D eigenvalue weighted by Gasteiger charge is 2.17. The second-order valence-electron chi connectivity index (χ2n) is 5.23. The fourth-order valence-corrected chi connectivity index (χ4v) is 1.73. The van der Waals surface area contributed by atoms with Crippen LogP contribution in [0.3, 0.4) is 0 Å². The second kappa shape index (κ2) is 4.71. The lowest BCUT2D eigenvalue weighted by Crippen LogP contribution is -2.16. The quantitative estimate of drug-likeness (QED) is 0.908. The minimum absolute atomic E-state index is 0.0202. The Hall–Kier alpha value is -1.39. The number of pyridine rings is 1. The number of aliphatic hydroxyl groups is 1. The minimum atomic E-state index is -0.0864. The van der Waals surface area contributed by atoms with Gasteiger partial charge in [-0.2, -0.15) is 5.10 Å². The summed E-state index contributed by atoms with van der Waals surface area (Å²) in [4.78, 5) is 4.57. The van der Waals surface area contributed by atoms with Gasteiger partial charge in [-0.05, 0) is 17.7 Å². The summed E-state index contributed by atoms with van der Waals surface area (Å²) in [6.45, 7) is 6.22. The third-order valence-corrected chi connectivity index (χ3v) is 2.80. The first-order valence-corrected chi connectivity index (χ1v) is 6.11. The van der Waals surface area contributed by atoms with E-state index >= 15 is 0 Å². The predicted molar refractivity (Wildman–Crippen MR) is 71.0 cm³/mol. The van der Waals surface area contributed by atoms with Crippen molar-refractivity contribution in [2.24, 2.45) is 0 Å². The molecule has 2 aromatic rings. The molecule has 18 heavy (non-hydrogen) atoms. The lowest BCUT2D eigenvalue weighted by atomic mass is 9.91. The molecule has 2 aromatic heterocycles. The van der Waals surface area contributed by atoms with Gasteiger partial charge in [-0.3, -0.25) is 0 Å². The van der Waals surface area contributed by atoms with Crippen molar-refractivity contribution < 1.29 is 5.11 Å². The van der Waals surface area contributed by atoms with Crippen molar-refractivity contribution in [3.63, 3.8) is 0 Å². The summed E-state index contributed by atoms with van der Waals surface area (Å²) in [5.41, 5.74) is 1.64. The molecule has 0 saturated carbocycles. The molecular weight excluding hydrogens is 250 g/mol. The van der Waals surface area contributed by atoms with Gasteiger partial charge in [-0.25, -0.2) is 9.67 Å². The zero-order valence-corrected chi connectivity index (χ0v) is 11.4. The van der Waals surface area contributed by atoms with Gasteiger partial charge >= 0.3 is 0 Å². The van der Waals surface area contributed by atoms with Crippen molar-refractivity contribution in [3.05, 3.63) is 40.8 Å².